The van der Waals surface area contributed by atoms with Gasteiger partial charge in [-0.2, -0.15) is 0 Å². The molecule has 9 aromatic rings. The van der Waals surface area contributed by atoms with E-state index in [9.17, 15) is 15.3 Å². The molecule has 0 atom stereocenters. The zero-order chi connectivity index (χ0) is 63.2. The highest BCUT2D eigenvalue weighted by atomic mass is 16.5. The lowest BCUT2D eigenvalue weighted by Gasteiger charge is -2.33. The van der Waals surface area contributed by atoms with E-state index in [0.29, 0.717) is 51.2 Å². The van der Waals surface area contributed by atoms with Crippen LogP contribution in [0.4, 0.5) is 51.2 Å². The predicted molar refractivity (Wildman–Crippen MR) is 357 cm³/mol. The third-order valence-corrected chi connectivity index (χ3v) is 15.9. The van der Waals surface area contributed by atoms with Crippen molar-refractivity contribution in [2.45, 2.75) is 98.2 Å². The van der Waals surface area contributed by atoms with E-state index in [0.717, 1.165) is 67.9 Å². The normalized spacial score (nSPS) is 11.7. The summed E-state index contributed by atoms with van der Waals surface area (Å²) in [5.74, 6) is 4.71. The van der Waals surface area contributed by atoms with E-state index in [1.165, 1.54) is 0 Å². The second-order valence-corrected chi connectivity index (χ2v) is 25.1. The number of phenols is 3. The molecule has 0 bridgehead atoms. The molecule has 0 unspecified atom stereocenters. The Balaban J connectivity index is 1.30. The lowest BCUT2D eigenvalue weighted by Crippen LogP contribution is -2.25. The van der Waals surface area contributed by atoms with Crippen LogP contribution >= 0.6 is 0 Å². The Bertz CT molecular complexity index is 3270. The number of hydrogen-bond acceptors (Lipinski definition) is 13. The third kappa shape index (κ3) is 14.0. The van der Waals surface area contributed by atoms with Crippen molar-refractivity contribution < 1.29 is 43.7 Å². The molecule has 0 aliphatic heterocycles. The average Bonchev–Trinajstić information content (AvgIpc) is 1.12. The Morgan fingerprint density at radius 1 is 0.261 bits per heavy atom. The summed E-state index contributed by atoms with van der Waals surface area (Å²) >= 11 is 0. The first-order chi connectivity index (χ1) is 41.9. The van der Waals surface area contributed by atoms with Crippen molar-refractivity contribution in [1.29, 1.82) is 0 Å². The highest BCUT2D eigenvalue weighted by molar-refractivity contribution is 5.82. The SMILES string of the molecule is COc1ccc(N(c2ccc(OC)cc2)c2cc(CN(Cc3cc(N(c4ccc(OC)cc4)c4ccc(OC)cc4)cc(C(C)(C)C)c3O)Cc3cc(N(c4ccc(OC)cc4)c4ccc(OC)cc4)cc(C(C)(C)C)c3O)c(O)c(C(C)(C)C)c2)cc1. The Labute approximate surface area is 520 Å². The Morgan fingerprint density at radius 2 is 0.432 bits per heavy atom. The summed E-state index contributed by atoms with van der Waals surface area (Å²) in [4.78, 5) is 8.69. The number of anilines is 9. The topological polar surface area (TPSA) is 129 Å². The summed E-state index contributed by atoms with van der Waals surface area (Å²) in [6.45, 7) is 19.4. The first-order valence-corrected chi connectivity index (χ1v) is 29.5. The van der Waals surface area contributed by atoms with Gasteiger partial charge in [0.1, 0.15) is 51.7 Å². The highest BCUT2D eigenvalue weighted by Gasteiger charge is 2.31. The Kier molecular flexibility index (Phi) is 18.8. The third-order valence-electron chi connectivity index (χ3n) is 15.9. The van der Waals surface area contributed by atoms with Gasteiger partial charge in [-0.25, -0.2) is 0 Å². The molecular weight excluding hydrogens is 1100 g/mol. The molecule has 0 saturated heterocycles. The second-order valence-electron chi connectivity index (χ2n) is 25.1. The predicted octanol–water partition coefficient (Wildman–Crippen LogP) is 18.4. The van der Waals surface area contributed by atoms with Gasteiger partial charge >= 0.3 is 0 Å². The summed E-state index contributed by atoms with van der Waals surface area (Å²) in [6.07, 6.45) is 0. The summed E-state index contributed by atoms with van der Waals surface area (Å²) < 4.78 is 33.8. The standard InChI is InChI=1S/C75H84N4O9/c1-73(2,3)67-43-58(77(52-16-28-61(83-10)29-17-52)53-18-30-62(84-11)31-19-53)40-49(70(67)80)46-76(47-50-41-59(44-68(71(50)81)74(4,5)6)78(54-20-32-63(85-12)33-21-54)55-22-34-64(86-13)35-23-55)48-51-42-60(45-69(72(51)82)75(7,8)9)79(56-24-36-65(87-14)37-25-56)57-26-38-66(88-15)39-27-57/h16-45,80-82H,46-48H2,1-15H3. The van der Waals surface area contributed by atoms with Gasteiger partial charge in [0.15, 0.2) is 0 Å². The smallest absolute Gasteiger partial charge is 0.123 e. The maximum atomic E-state index is 13.0. The molecule has 0 radical (unpaired) electrons. The highest BCUT2D eigenvalue weighted by Crippen LogP contribution is 2.48. The molecule has 0 fully saturated rings. The fraction of sp³-hybridized carbons (Fsp3) is 0.280. The van der Waals surface area contributed by atoms with E-state index in [1.807, 2.05) is 164 Å². The van der Waals surface area contributed by atoms with E-state index < -0.39 is 16.2 Å². The van der Waals surface area contributed by atoms with E-state index in [1.54, 1.807) is 42.7 Å². The molecule has 3 N–H and O–H groups in total. The fourth-order valence-corrected chi connectivity index (χ4v) is 11.1. The van der Waals surface area contributed by atoms with Gasteiger partial charge in [0.2, 0.25) is 0 Å². The van der Waals surface area contributed by atoms with Gasteiger partial charge in [-0.1, -0.05) is 62.3 Å². The molecule has 88 heavy (non-hydrogen) atoms. The molecule has 13 nitrogen and oxygen atoms in total. The maximum absolute atomic E-state index is 13.0. The molecular formula is C75H84N4O9. The number of benzene rings is 9. The molecule has 13 heteroatoms. The molecule has 9 aromatic carbocycles. The van der Waals surface area contributed by atoms with E-state index in [2.05, 4.69) is 100 Å². The molecule has 0 saturated carbocycles. The minimum Gasteiger partial charge on any atom is -0.507 e. The van der Waals surface area contributed by atoms with E-state index in [4.69, 9.17) is 28.4 Å². The molecule has 0 heterocycles. The van der Waals surface area contributed by atoms with Gasteiger partial charge < -0.3 is 58.4 Å². The average molecular weight is 1190 g/mol. The second kappa shape index (κ2) is 26.3. The molecule has 0 aromatic heterocycles. The van der Waals surface area contributed by atoms with Crippen molar-refractivity contribution in [3.8, 4) is 51.7 Å². The molecule has 0 amide bonds. The van der Waals surface area contributed by atoms with Gasteiger partial charge in [0.25, 0.3) is 0 Å². The van der Waals surface area contributed by atoms with E-state index in [-0.39, 0.29) is 36.9 Å². The van der Waals surface area contributed by atoms with Crippen LogP contribution < -0.4 is 43.1 Å². The van der Waals surface area contributed by atoms with Gasteiger partial charge in [-0.05, 0) is 198 Å². The molecule has 458 valence electrons. The number of aromatic hydroxyl groups is 3. The van der Waals surface area contributed by atoms with Crippen LogP contribution in [0.25, 0.3) is 0 Å². The minimum atomic E-state index is -0.535. The van der Waals surface area contributed by atoms with Crippen LogP contribution in [0.3, 0.4) is 0 Å². The van der Waals surface area contributed by atoms with Gasteiger partial charge in [0, 0.05) is 104 Å². The number of phenolic OH excluding ortho intramolecular Hbond substituents is 3. The Morgan fingerprint density at radius 3 is 0.580 bits per heavy atom. The van der Waals surface area contributed by atoms with Gasteiger partial charge in [-0.3, -0.25) is 4.90 Å². The van der Waals surface area contributed by atoms with Crippen molar-refractivity contribution in [3.05, 3.63) is 215 Å². The quantitative estimate of drug-likeness (QED) is 0.0632. The van der Waals surface area contributed by atoms with Crippen LogP contribution in [-0.4, -0.2) is 62.9 Å². The molecule has 9 rings (SSSR count). The minimum absolute atomic E-state index is 0.141. The van der Waals surface area contributed by atoms with Crippen LogP contribution in [0.2, 0.25) is 0 Å². The molecule has 0 aliphatic carbocycles. The summed E-state index contributed by atoms with van der Waals surface area (Å²) in [7, 11) is 9.91. The van der Waals surface area contributed by atoms with Crippen molar-refractivity contribution in [3.63, 3.8) is 0 Å². The summed E-state index contributed by atoms with van der Waals surface area (Å²) in [6, 6.07) is 59.8. The van der Waals surface area contributed by atoms with Crippen LogP contribution in [0.1, 0.15) is 95.7 Å². The van der Waals surface area contributed by atoms with Gasteiger partial charge in [0.05, 0.1) is 42.7 Å². The summed E-state index contributed by atoms with van der Waals surface area (Å²) in [5.41, 5.74) is 10.1. The number of rotatable bonds is 21. The molecule has 0 spiro atoms. The van der Waals surface area contributed by atoms with Crippen molar-refractivity contribution in [1.82, 2.24) is 4.90 Å². The maximum Gasteiger partial charge on any atom is 0.123 e. The Hall–Kier alpha value is -9.46. The van der Waals surface area contributed by atoms with Crippen molar-refractivity contribution >= 4 is 51.2 Å². The van der Waals surface area contributed by atoms with E-state index >= 15 is 0 Å². The number of nitrogens with zero attached hydrogens (tertiary/aromatic N) is 4. The fourth-order valence-electron chi connectivity index (χ4n) is 11.1. The molecule has 0 aliphatic rings. The van der Waals surface area contributed by atoms with Crippen molar-refractivity contribution in [2.24, 2.45) is 0 Å². The lowest BCUT2D eigenvalue weighted by atomic mass is 9.83. The van der Waals surface area contributed by atoms with Crippen LogP contribution in [-0.2, 0) is 35.9 Å². The van der Waals surface area contributed by atoms with Crippen LogP contribution in [0, 0.1) is 0 Å². The monoisotopic (exact) mass is 1180 g/mol. The first kappa shape index (κ1) is 63.1. The van der Waals surface area contributed by atoms with Gasteiger partial charge in [-0.15, -0.1) is 0 Å². The zero-order valence-corrected chi connectivity index (χ0v) is 53.5. The lowest BCUT2D eigenvalue weighted by molar-refractivity contribution is 0.236. The largest absolute Gasteiger partial charge is 0.507 e. The number of methoxy groups -OCH3 is 6. The summed E-state index contributed by atoms with van der Waals surface area (Å²) in [5, 5.41) is 38.9. The zero-order valence-electron chi connectivity index (χ0n) is 53.5. The van der Waals surface area contributed by atoms with Crippen molar-refractivity contribution in [2.75, 3.05) is 57.4 Å². The van der Waals surface area contributed by atoms with Crippen LogP contribution in [0.15, 0.2) is 182 Å². The number of ether oxygens (including phenoxy) is 6. The first-order valence-electron chi connectivity index (χ1n) is 29.5. The number of hydrogen-bond donors (Lipinski definition) is 3. The van der Waals surface area contributed by atoms with Crippen LogP contribution in [0.5, 0.6) is 51.7 Å².